The zero-order valence-electron chi connectivity index (χ0n) is 7.29. The molecule has 1 heterocycles. The summed E-state index contributed by atoms with van der Waals surface area (Å²) < 4.78 is 1.41. The number of rotatable bonds is 2. The Morgan fingerprint density at radius 1 is 1.29 bits per heavy atom. The van der Waals surface area contributed by atoms with Crippen LogP contribution in [0.25, 0.3) is 5.69 Å². The highest BCUT2D eigenvalue weighted by molar-refractivity contribution is 5.48. The molecule has 14 heavy (non-hydrogen) atoms. The largest absolute Gasteiger partial charge is 0.382 e. The lowest BCUT2D eigenvalue weighted by atomic mass is 10.3. The molecule has 0 aliphatic heterocycles. The van der Waals surface area contributed by atoms with Crippen molar-refractivity contribution in [2.45, 2.75) is 0 Å². The van der Waals surface area contributed by atoms with Gasteiger partial charge in [-0.05, 0) is 17.3 Å². The summed E-state index contributed by atoms with van der Waals surface area (Å²) in [5, 5.41) is 6.79. The van der Waals surface area contributed by atoms with Crippen LogP contribution in [-0.4, -0.2) is 9.78 Å². The number of nitrogens with two attached hydrogens (primary N) is 1. The van der Waals surface area contributed by atoms with E-state index in [0.717, 1.165) is 5.69 Å². The van der Waals surface area contributed by atoms with Crippen LogP contribution in [0.3, 0.4) is 0 Å². The van der Waals surface area contributed by atoms with E-state index in [0.29, 0.717) is 0 Å². The molecular weight excluding hydrogens is 180 g/mol. The van der Waals surface area contributed by atoms with Crippen LogP contribution in [0.5, 0.6) is 0 Å². The van der Waals surface area contributed by atoms with Gasteiger partial charge in [-0.2, -0.15) is 0 Å². The van der Waals surface area contributed by atoms with Gasteiger partial charge < -0.3 is 5.73 Å². The predicted octanol–water partition coefficient (Wildman–Crippen LogP) is 1.85. The summed E-state index contributed by atoms with van der Waals surface area (Å²) in [5.74, 6) is 0.483. The highest BCUT2D eigenvalue weighted by Gasteiger charge is 2.06. The molecule has 0 amide bonds. The van der Waals surface area contributed by atoms with Crippen molar-refractivity contribution < 1.29 is 0 Å². The topological polar surface area (TPSA) is 73.3 Å². The van der Waals surface area contributed by atoms with Crippen LogP contribution in [-0.2, 0) is 0 Å². The third kappa shape index (κ3) is 1.35. The maximum Gasteiger partial charge on any atom is 0.202 e. The molecular formula is C9H8N4O. The molecule has 5 heteroatoms. The number of hydrogen-bond acceptors (Lipinski definition) is 4. The molecule has 5 nitrogen and oxygen atoms in total. The molecule has 0 spiro atoms. The Morgan fingerprint density at radius 3 is 2.64 bits per heavy atom. The van der Waals surface area contributed by atoms with E-state index < -0.39 is 0 Å². The van der Waals surface area contributed by atoms with E-state index in [1.165, 1.54) is 10.7 Å². The average molecular weight is 188 g/mol. The second-order valence-corrected chi connectivity index (χ2v) is 2.77. The smallest absolute Gasteiger partial charge is 0.202 e. The van der Waals surface area contributed by atoms with Crippen molar-refractivity contribution in [2.24, 2.45) is 5.18 Å². The first-order valence-corrected chi connectivity index (χ1v) is 4.05. The second kappa shape index (κ2) is 3.29. The van der Waals surface area contributed by atoms with Gasteiger partial charge in [-0.3, -0.25) is 0 Å². The molecule has 0 saturated heterocycles. The summed E-state index contributed by atoms with van der Waals surface area (Å²) in [6, 6.07) is 10.6. The molecule has 0 aliphatic carbocycles. The maximum absolute atomic E-state index is 10.4. The van der Waals surface area contributed by atoms with Crippen molar-refractivity contribution >= 4 is 11.6 Å². The van der Waals surface area contributed by atoms with Crippen LogP contribution in [0.1, 0.15) is 0 Å². The number of para-hydroxylation sites is 1. The third-order valence-electron chi connectivity index (χ3n) is 1.80. The molecule has 0 saturated carbocycles. The minimum absolute atomic E-state index is 0.203. The fourth-order valence-electron chi connectivity index (χ4n) is 1.21. The number of anilines is 1. The molecule has 1 aromatic heterocycles. The zero-order chi connectivity index (χ0) is 9.97. The van der Waals surface area contributed by atoms with Gasteiger partial charge in [0.1, 0.15) is 5.82 Å². The fraction of sp³-hybridized carbons (Fsp3) is 0. The fourth-order valence-corrected chi connectivity index (χ4v) is 1.21. The number of nitrogens with zero attached hydrogens (tertiary/aromatic N) is 3. The Balaban J connectivity index is 2.56. The lowest BCUT2D eigenvalue weighted by molar-refractivity contribution is 0.884. The molecule has 0 radical (unpaired) electrons. The summed E-state index contributed by atoms with van der Waals surface area (Å²) in [6.07, 6.45) is 0. The molecule has 2 aromatic rings. The van der Waals surface area contributed by atoms with Crippen molar-refractivity contribution in [2.75, 3.05) is 5.73 Å². The van der Waals surface area contributed by atoms with E-state index in [1.807, 2.05) is 30.3 Å². The van der Waals surface area contributed by atoms with Crippen LogP contribution < -0.4 is 5.73 Å². The van der Waals surface area contributed by atoms with Crippen LogP contribution in [0.2, 0.25) is 0 Å². The number of nitroso groups, excluding NO2 is 1. The molecule has 1 aromatic carbocycles. The maximum atomic E-state index is 10.4. The number of nitrogen functional groups attached to an aromatic ring is 1. The van der Waals surface area contributed by atoms with Gasteiger partial charge in [0.15, 0.2) is 0 Å². The van der Waals surface area contributed by atoms with Crippen molar-refractivity contribution in [3.63, 3.8) is 0 Å². The summed E-state index contributed by atoms with van der Waals surface area (Å²) in [7, 11) is 0. The third-order valence-corrected chi connectivity index (χ3v) is 1.80. The van der Waals surface area contributed by atoms with E-state index in [1.54, 1.807) is 0 Å². The Morgan fingerprint density at radius 2 is 2.00 bits per heavy atom. The molecule has 0 fully saturated rings. The predicted molar refractivity (Wildman–Crippen MR) is 53.4 cm³/mol. The molecule has 0 bridgehead atoms. The summed E-state index contributed by atoms with van der Waals surface area (Å²) in [4.78, 5) is 10.4. The van der Waals surface area contributed by atoms with Gasteiger partial charge in [-0.1, -0.05) is 18.2 Å². The van der Waals surface area contributed by atoms with Crippen molar-refractivity contribution in [1.82, 2.24) is 9.78 Å². The van der Waals surface area contributed by atoms with Crippen molar-refractivity contribution in [3.8, 4) is 5.69 Å². The van der Waals surface area contributed by atoms with Crippen LogP contribution in [0.4, 0.5) is 11.6 Å². The standard InChI is InChI=1S/C9H8N4O/c10-8-6-9(12-14)13(11-8)7-4-2-1-3-5-7/h1-6H,(H2,10,11). The number of aromatic nitrogens is 2. The Labute approximate surface area is 80.1 Å². The first-order chi connectivity index (χ1) is 6.81. The monoisotopic (exact) mass is 188 g/mol. The highest BCUT2D eigenvalue weighted by atomic mass is 16.3. The minimum Gasteiger partial charge on any atom is -0.382 e. The van der Waals surface area contributed by atoms with Gasteiger partial charge >= 0.3 is 0 Å². The molecule has 0 unspecified atom stereocenters. The van der Waals surface area contributed by atoms with Gasteiger partial charge in [0.05, 0.1) is 5.69 Å². The van der Waals surface area contributed by atoms with E-state index in [-0.39, 0.29) is 11.6 Å². The Hall–Kier alpha value is -2.17. The molecule has 0 aliphatic rings. The van der Waals surface area contributed by atoms with E-state index in [9.17, 15) is 4.91 Å². The van der Waals surface area contributed by atoms with Crippen LogP contribution >= 0.6 is 0 Å². The normalized spacial score (nSPS) is 10.0. The SMILES string of the molecule is Nc1cc(N=O)n(-c2ccccc2)n1. The van der Waals surface area contributed by atoms with Gasteiger partial charge in [-0.25, -0.2) is 4.68 Å². The molecule has 0 atom stereocenters. The summed E-state index contributed by atoms with van der Waals surface area (Å²) in [6.45, 7) is 0. The summed E-state index contributed by atoms with van der Waals surface area (Å²) in [5.41, 5.74) is 6.22. The van der Waals surface area contributed by atoms with E-state index in [4.69, 9.17) is 5.73 Å². The highest BCUT2D eigenvalue weighted by Crippen LogP contribution is 2.20. The van der Waals surface area contributed by atoms with E-state index >= 15 is 0 Å². The van der Waals surface area contributed by atoms with E-state index in [2.05, 4.69) is 10.3 Å². The quantitative estimate of drug-likeness (QED) is 0.731. The molecule has 70 valence electrons. The molecule has 2 rings (SSSR count). The minimum atomic E-state index is 0.203. The Kier molecular flexibility index (Phi) is 1.98. The lowest BCUT2D eigenvalue weighted by Crippen LogP contribution is -1.96. The van der Waals surface area contributed by atoms with Crippen LogP contribution in [0, 0.1) is 4.91 Å². The van der Waals surface area contributed by atoms with Crippen molar-refractivity contribution in [1.29, 1.82) is 0 Å². The Bertz CT molecular complexity index is 449. The van der Waals surface area contributed by atoms with Crippen LogP contribution in [0.15, 0.2) is 41.6 Å². The lowest BCUT2D eigenvalue weighted by Gasteiger charge is -2.00. The zero-order valence-corrected chi connectivity index (χ0v) is 7.29. The molecule has 2 N–H and O–H groups in total. The first kappa shape index (κ1) is 8.43. The van der Waals surface area contributed by atoms with Gasteiger partial charge in [0, 0.05) is 6.07 Å². The second-order valence-electron chi connectivity index (χ2n) is 2.77. The average Bonchev–Trinajstić information content (AvgIpc) is 2.61. The van der Waals surface area contributed by atoms with Crippen molar-refractivity contribution in [3.05, 3.63) is 41.3 Å². The van der Waals surface area contributed by atoms with Gasteiger partial charge in [0.25, 0.3) is 0 Å². The number of hydrogen-bond donors (Lipinski definition) is 1. The van der Waals surface area contributed by atoms with Gasteiger partial charge in [0.2, 0.25) is 5.82 Å². The number of benzene rings is 1. The first-order valence-electron chi connectivity index (χ1n) is 4.05. The van der Waals surface area contributed by atoms with Gasteiger partial charge in [-0.15, -0.1) is 10.0 Å². The summed E-state index contributed by atoms with van der Waals surface area (Å²) >= 11 is 0.